The van der Waals surface area contributed by atoms with Gasteiger partial charge in [0.05, 0.1) is 0 Å². The Morgan fingerprint density at radius 1 is 0.966 bits per heavy atom. The van der Waals surface area contributed by atoms with Gasteiger partial charge in [-0.1, -0.05) is 49.8 Å². The zero-order valence-electron chi connectivity index (χ0n) is 18.5. The molecule has 29 heavy (non-hydrogen) atoms. The van der Waals surface area contributed by atoms with Crippen molar-refractivity contribution in [3.8, 4) is 5.75 Å². The van der Waals surface area contributed by atoms with E-state index in [1.165, 1.54) is 53.8 Å². The van der Waals surface area contributed by atoms with Crippen LogP contribution in [0.3, 0.4) is 0 Å². The van der Waals surface area contributed by atoms with Crippen LogP contribution < -0.4 is 4.74 Å². The lowest BCUT2D eigenvalue weighted by Crippen LogP contribution is -2.38. The van der Waals surface area contributed by atoms with Crippen LogP contribution in [0.4, 0.5) is 0 Å². The lowest BCUT2D eigenvalue weighted by Gasteiger charge is -2.33. The first kappa shape index (κ1) is 20.2. The van der Waals surface area contributed by atoms with Crippen molar-refractivity contribution in [3.63, 3.8) is 0 Å². The lowest BCUT2D eigenvalue weighted by molar-refractivity contribution is 0.197. The van der Waals surface area contributed by atoms with E-state index in [0.29, 0.717) is 5.92 Å². The van der Waals surface area contributed by atoms with E-state index in [4.69, 9.17) is 4.74 Å². The van der Waals surface area contributed by atoms with Gasteiger partial charge in [-0.15, -0.1) is 0 Å². The van der Waals surface area contributed by atoms with Crippen LogP contribution in [-0.2, 0) is 12.8 Å². The Bertz CT molecular complexity index is 874. The highest BCUT2D eigenvalue weighted by Gasteiger charge is 2.21. The van der Waals surface area contributed by atoms with Crippen LogP contribution in [0.5, 0.6) is 5.75 Å². The van der Waals surface area contributed by atoms with Gasteiger partial charge in [0, 0.05) is 6.54 Å². The highest BCUT2D eigenvalue weighted by molar-refractivity contribution is 5.72. The number of aryl methyl sites for hydroxylation is 1. The van der Waals surface area contributed by atoms with Crippen LogP contribution in [0.1, 0.15) is 68.9 Å². The summed E-state index contributed by atoms with van der Waals surface area (Å²) in [5.41, 5.74) is 8.61. The van der Waals surface area contributed by atoms with Crippen molar-refractivity contribution < 1.29 is 4.74 Å². The molecule has 2 aliphatic rings. The fourth-order valence-corrected chi connectivity index (χ4v) is 4.56. The fraction of sp³-hybridized carbons (Fsp3) is 0.481. The molecular formula is C27H35NO. The van der Waals surface area contributed by atoms with Crippen LogP contribution in [0.15, 0.2) is 48.0 Å². The third kappa shape index (κ3) is 4.75. The standard InChI is InChI=1S/C27H35NO/c1-19(2)16-22-6-8-23(9-7-22)21(4)29-26-12-13-27-20(3)25(11-10-24(27)17-26)18-28-14-5-15-28/h6-9,12-13,17,19,21H,5,10-11,14-16,18H2,1-4H3. The SMILES string of the molecule is CC1=C(CN2CCC2)CCc2cc(OC(C)c3ccc(CC(C)C)cc3)ccc21. The third-order valence-electron chi connectivity index (χ3n) is 6.48. The molecule has 4 rings (SSSR count). The molecule has 2 heteroatoms. The topological polar surface area (TPSA) is 12.5 Å². The monoisotopic (exact) mass is 389 g/mol. The van der Waals surface area contributed by atoms with E-state index in [-0.39, 0.29) is 6.10 Å². The maximum atomic E-state index is 6.32. The average molecular weight is 390 g/mol. The molecule has 1 atom stereocenters. The number of hydrogen-bond acceptors (Lipinski definition) is 2. The second kappa shape index (κ2) is 8.75. The molecule has 0 aromatic heterocycles. The summed E-state index contributed by atoms with van der Waals surface area (Å²) in [7, 11) is 0. The minimum atomic E-state index is 0.0587. The van der Waals surface area contributed by atoms with Crippen LogP contribution in [-0.4, -0.2) is 24.5 Å². The molecule has 1 unspecified atom stereocenters. The third-order valence-corrected chi connectivity index (χ3v) is 6.48. The molecule has 1 saturated heterocycles. The van der Waals surface area contributed by atoms with Gasteiger partial charge in [0.1, 0.15) is 11.9 Å². The van der Waals surface area contributed by atoms with Gasteiger partial charge in [0.2, 0.25) is 0 Å². The number of nitrogens with zero attached hydrogens (tertiary/aromatic N) is 1. The Balaban J connectivity index is 1.44. The summed E-state index contributed by atoms with van der Waals surface area (Å²) in [6.45, 7) is 12.7. The average Bonchev–Trinajstić information content (AvgIpc) is 2.66. The summed E-state index contributed by atoms with van der Waals surface area (Å²) in [5.74, 6) is 1.68. The van der Waals surface area contributed by atoms with Crippen molar-refractivity contribution in [2.24, 2.45) is 5.92 Å². The van der Waals surface area contributed by atoms with Crippen LogP contribution in [0.2, 0.25) is 0 Å². The van der Waals surface area contributed by atoms with E-state index >= 15 is 0 Å². The van der Waals surface area contributed by atoms with E-state index in [0.717, 1.165) is 25.1 Å². The Labute approximate surface area is 176 Å². The van der Waals surface area contributed by atoms with Crippen molar-refractivity contribution in [1.29, 1.82) is 0 Å². The van der Waals surface area contributed by atoms with Gasteiger partial charge < -0.3 is 4.74 Å². The number of likely N-dealkylation sites (tertiary alicyclic amines) is 1. The van der Waals surface area contributed by atoms with Crippen molar-refractivity contribution >= 4 is 5.57 Å². The number of rotatable bonds is 7. The first-order valence-electron chi connectivity index (χ1n) is 11.3. The summed E-state index contributed by atoms with van der Waals surface area (Å²) >= 11 is 0. The maximum absolute atomic E-state index is 6.32. The minimum Gasteiger partial charge on any atom is -0.486 e. The molecule has 0 saturated carbocycles. The van der Waals surface area contributed by atoms with Crippen molar-refractivity contribution in [2.75, 3.05) is 19.6 Å². The maximum Gasteiger partial charge on any atom is 0.121 e. The van der Waals surface area contributed by atoms with Gasteiger partial charge >= 0.3 is 0 Å². The van der Waals surface area contributed by atoms with Crippen LogP contribution in [0, 0.1) is 5.92 Å². The smallest absolute Gasteiger partial charge is 0.121 e. The van der Waals surface area contributed by atoms with Crippen LogP contribution >= 0.6 is 0 Å². The quantitative estimate of drug-likeness (QED) is 0.539. The van der Waals surface area contributed by atoms with E-state index in [2.05, 4.69) is 75.1 Å². The molecular weight excluding hydrogens is 354 g/mol. The first-order chi connectivity index (χ1) is 14.0. The van der Waals surface area contributed by atoms with Crippen molar-refractivity contribution in [3.05, 3.63) is 70.3 Å². The summed E-state index contributed by atoms with van der Waals surface area (Å²) in [6, 6.07) is 15.6. The van der Waals surface area contributed by atoms with Crippen molar-refractivity contribution in [1.82, 2.24) is 4.90 Å². The van der Waals surface area contributed by atoms with Gasteiger partial charge in [-0.25, -0.2) is 0 Å². The molecule has 0 N–H and O–H groups in total. The molecule has 2 nitrogen and oxygen atoms in total. The molecule has 0 amide bonds. The number of hydrogen-bond donors (Lipinski definition) is 0. The Morgan fingerprint density at radius 2 is 1.72 bits per heavy atom. The number of allylic oxidation sites excluding steroid dienone is 1. The summed E-state index contributed by atoms with van der Waals surface area (Å²) < 4.78 is 6.32. The van der Waals surface area contributed by atoms with E-state index < -0.39 is 0 Å². The summed E-state index contributed by atoms with van der Waals surface area (Å²) in [6.07, 6.45) is 4.87. The van der Waals surface area contributed by atoms with Gasteiger partial charge in [-0.05, 0) is 98.5 Å². The molecule has 0 spiro atoms. The normalized spacial score (nSPS) is 17.8. The molecule has 1 aliphatic carbocycles. The molecule has 0 radical (unpaired) electrons. The Hall–Kier alpha value is -2.06. The molecule has 154 valence electrons. The van der Waals surface area contributed by atoms with Gasteiger partial charge in [0.25, 0.3) is 0 Å². The molecule has 0 bridgehead atoms. The highest BCUT2D eigenvalue weighted by atomic mass is 16.5. The molecule has 1 aliphatic heterocycles. The zero-order valence-corrected chi connectivity index (χ0v) is 18.5. The molecule has 1 heterocycles. The van der Waals surface area contributed by atoms with E-state index in [1.54, 1.807) is 5.57 Å². The van der Waals surface area contributed by atoms with Crippen molar-refractivity contribution in [2.45, 2.75) is 59.5 Å². The zero-order chi connectivity index (χ0) is 20.4. The predicted octanol–water partition coefficient (Wildman–Crippen LogP) is 6.45. The molecule has 2 aromatic rings. The van der Waals surface area contributed by atoms with Crippen LogP contribution in [0.25, 0.3) is 5.57 Å². The predicted molar refractivity (Wildman–Crippen MR) is 122 cm³/mol. The van der Waals surface area contributed by atoms with E-state index in [1.807, 2.05) is 0 Å². The largest absolute Gasteiger partial charge is 0.486 e. The molecule has 2 aromatic carbocycles. The Morgan fingerprint density at radius 3 is 2.38 bits per heavy atom. The summed E-state index contributed by atoms with van der Waals surface area (Å²) in [4.78, 5) is 2.56. The second-order valence-electron chi connectivity index (χ2n) is 9.28. The highest BCUT2D eigenvalue weighted by Crippen LogP contribution is 2.35. The fourth-order valence-electron chi connectivity index (χ4n) is 4.56. The number of fused-ring (bicyclic) bond motifs is 1. The minimum absolute atomic E-state index is 0.0587. The second-order valence-corrected chi connectivity index (χ2v) is 9.28. The Kier molecular flexibility index (Phi) is 6.10. The van der Waals surface area contributed by atoms with Gasteiger partial charge in [-0.2, -0.15) is 0 Å². The summed E-state index contributed by atoms with van der Waals surface area (Å²) in [5, 5.41) is 0. The van der Waals surface area contributed by atoms with Gasteiger partial charge in [-0.3, -0.25) is 4.90 Å². The lowest BCUT2D eigenvalue weighted by atomic mass is 9.85. The molecule has 1 fully saturated rings. The number of benzene rings is 2. The number of ether oxygens (including phenoxy) is 1. The van der Waals surface area contributed by atoms with E-state index in [9.17, 15) is 0 Å². The van der Waals surface area contributed by atoms with Gasteiger partial charge in [0.15, 0.2) is 0 Å². The first-order valence-corrected chi connectivity index (χ1v) is 11.3.